The number of likely N-dealkylation sites (tertiary alicyclic amines) is 1. The Hall–Kier alpha value is -3.63. The van der Waals surface area contributed by atoms with E-state index >= 15 is 4.39 Å². The lowest BCUT2D eigenvalue weighted by atomic mass is 9.81. The summed E-state index contributed by atoms with van der Waals surface area (Å²) < 4.78 is 56.1. The van der Waals surface area contributed by atoms with Gasteiger partial charge in [-0.25, -0.2) is 9.37 Å². The number of carbonyl (C=O) groups excluding carboxylic acids is 1. The van der Waals surface area contributed by atoms with Crippen molar-refractivity contribution in [2.75, 3.05) is 13.1 Å². The van der Waals surface area contributed by atoms with Crippen molar-refractivity contribution in [3.05, 3.63) is 58.7 Å². The van der Waals surface area contributed by atoms with Gasteiger partial charge in [0.1, 0.15) is 17.2 Å². The number of fused-ring (bicyclic) bond motifs is 3. The van der Waals surface area contributed by atoms with Gasteiger partial charge in [-0.15, -0.1) is 13.2 Å². The highest BCUT2D eigenvalue weighted by molar-refractivity contribution is 5.94. The van der Waals surface area contributed by atoms with Gasteiger partial charge in [0.2, 0.25) is 0 Å². The van der Waals surface area contributed by atoms with Crippen LogP contribution in [0.5, 0.6) is 5.75 Å². The second-order valence-electron chi connectivity index (χ2n) is 9.18. The van der Waals surface area contributed by atoms with Gasteiger partial charge in [0, 0.05) is 35.3 Å². The van der Waals surface area contributed by atoms with Crippen LogP contribution in [0.2, 0.25) is 0 Å². The van der Waals surface area contributed by atoms with Crippen LogP contribution in [0, 0.1) is 5.82 Å². The molecular formula is C25H23F4N3O4. The van der Waals surface area contributed by atoms with Gasteiger partial charge in [-0.2, -0.15) is 0 Å². The predicted molar refractivity (Wildman–Crippen MR) is 120 cm³/mol. The number of pyridine rings is 1. The third-order valence-corrected chi connectivity index (χ3v) is 7.03. The maximum atomic E-state index is 15.2. The average molecular weight is 505 g/mol. The number of halogens is 4. The number of aromatic amines is 1. The smallest absolute Gasteiger partial charge is 0.481 e. The summed E-state index contributed by atoms with van der Waals surface area (Å²) in [5.41, 5.74) is 2.54. The number of ether oxygens (including phenoxy) is 1. The second-order valence-corrected chi connectivity index (χ2v) is 9.18. The van der Waals surface area contributed by atoms with E-state index < -0.39 is 29.8 Å². The molecule has 2 N–H and O–H groups in total. The molecule has 1 aromatic carbocycles. The number of H-pyrrole nitrogens is 1. The van der Waals surface area contributed by atoms with Crippen molar-refractivity contribution in [1.82, 2.24) is 14.9 Å². The van der Waals surface area contributed by atoms with Crippen LogP contribution in [0.1, 0.15) is 64.7 Å². The van der Waals surface area contributed by atoms with Gasteiger partial charge >= 0.3 is 12.3 Å². The number of benzene rings is 1. The number of aromatic nitrogens is 2. The van der Waals surface area contributed by atoms with Crippen LogP contribution in [-0.2, 0) is 11.2 Å². The summed E-state index contributed by atoms with van der Waals surface area (Å²) in [5.74, 6) is -3.15. The first-order valence-electron chi connectivity index (χ1n) is 11.7. The molecule has 0 unspecified atom stereocenters. The third kappa shape index (κ3) is 4.49. The summed E-state index contributed by atoms with van der Waals surface area (Å²) in [4.78, 5) is 33.8. The molecule has 1 aliphatic heterocycles. The van der Waals surface area contributed by atoms with Crippen molar-refractivity contribution in [2.45, 2.75) is 50.3 Å². The molecule has 5 rings (SSSR count). The lowest BCUT2D eigenvalue weighted by Crippen LogP contribution is -2.38. The van der Waals surface area contributed by atoms with Gasteiger partial charge in [0.15, 0.2) is 0 Å². The molecule has 1 saturated heterocycles. The van der Waals surface area contributed by atoms with Gasteiger partial charge < -0.3 is 19.7 Å². The molecule has 3 aromatic rings. The zero-order chi connectivity index (χ0) is 25.6. The highest BCUT2D eigenvalue weighted by Gasteiger charge is 2.35. The fourth-order valence-electron chi connectivity index (χ4n) is 5.44. The van der Waals surface area contributed by atoms with Crippen LogP contribution >= 0.6 is 0 Å². The number of hydrogen-bond acceptors (Lipinski definition) is 4. The molecule has 11 heteroatoms. The fraction of sp³-hybridized carbons (Fsp3) is 0.400. The van der Waals surface area contributed by atoms with Crippen molar-refractivity contribution >= 4 is 22.9 Å². The first-order chi connectivity index (χ1) is 17.1. The highest BCUT2D eigenvalue weighted by atomic mass is 19.4. The Morgan fingerprint density at radius 1 is 1.08 bits per heavy atom. The maximum absolute atomic E-state index is 15.2. The molecule has 0 saturated carbocycles. The van der Waals surface area contributed by atoms with E-state index in [2.05, 4.69) is 14.7 Å². The van der Waals surface area contributed by atoms with Gasteiger partial charge in [-0.05, 0) is 67.9 Å². The quantitative estimate of drug-likeness (QED) is 0.480. The van der Waals surface area contributed by atoms with Crippen molar-refractivity contribution in [1.29, 1.82) is 0 Å². The van der Waals surface area contributed by atoms with E-state index in [0.29, 0.717) is 60.9 Å². The van der Waals surface area contributed by atoms with E-state index in [9.17, 15) is 27.9 Å². The molecule has 1 fully saturated rings. The first-order valence-corrected chi connectivity index (χ1v) is 11.7. The summed E-state index contributed by atoms with van der Waals surface area (Å²) in [5, 5.41) is 10.3. The van der Waals surface area contributed by atoms with Gasteiger partial charge in [0.05, 0.1) is 12.1 Å². The number of carboxylic acids is 1. The molecule has 7 nitrogen and oxygen atoms in total. The third-order valence-electron chi connectivity index (χ3n) is 7.03. The number of nitrogens with one attached hydrogen (secondary N) is 1. The standard InChI is InChI=1S/C25H23F4N3O4/c26-17-12-30-22-21(20-16(24(34)35)2-1-3-18(20)31-22)19(17)13-8-10-32(11-9-13)23(33)14-4-6-15(7-5-14)36-25(27,28)29/h4-7,12-13,16H,1-3,8-11H2,(H,30,31)(H,34,35)/t16-/m1/s1. The molecule has 0 bridgehead atoms. The van der Waals surface area contributed by atoms with E-state index in [1.54, 1.807) is 4.90 Å². The number of carboxylic acid groups (broad SMARTS) is 1. The van der Waals surface area contributed by atoms with E-state index in [-0.39, 0.29) is 17.4 Å². The molecule has 190 valence electrons. The Morgan fingerprint density at radius 2 is 1.78 bits per heavy atom. The monoisotopic (exact) mass is 505 g/mol. The minimum Gasteiger partial charge on any atom is -0.481 e. The Kier molecular flexibility index (Phi) is 6.09. The van der Waals surface area contributed by atoms with Crippen LogP contribution in [0.3, 0.4) is 0 Å². The van der Waals surface area contributed by atoms with Crippen LogP contribution in [-0.4, -0.2) is 51.3 Å². The molecule has 2 aromatic heterocycles. The molecule has 0 radical (unpaired) electrons. The minimum atomic E-state index is -4.82. The van der Waals surface area contributed by atoms with Crippen LogP contribution in [0.4, 0.5) is 17.6 Å². The molecule has 1 amide bonds. The topological polar surface area (TPSA) is 95.5 Å². The number of amides is 1. The molecule has 0 spiro atoms. The summed E-state index contributed by atoms with van der Waals surface area (Å²) in [7, 11) is 0. The Balaban J connectivity index is 1.36. The van der Waals surface area contributed by atoms with E-state index in [0.717, 1.165) is 30.4 Å². The van der Waals surface area contributed by atoms with Crippen molar-refractivity contribution in [2.24, 2.45) is 0 Å². The molecule has 1 aliphatic carbocycles. The number of hydrogen-bond donors (Lipinski definition) is 2. The number of aryl methyl sites for hydroxylation is 1. The maximum Gasteiger partial charge on any atom is 0.573 e. The number of piperidine rings is 1. The summed E-state index contributed by atoms with van der Waals surface area (Å²) in [6.45, 7) is 0.644. The number of rotatable bonds is 4. The van der Waals surface area contributed by atoms with E-state index in [1.165, 1.54) is 12.1 Å². The van der Waals surface area contributed by atoms with Gasteiger partial charge in [0.25, 0.3) is 5.91 Å². The van der Waals surface area contributed by atoms with Crippen molar-refractivity contribution in [3.63, 3.8) is 0 Å². The molecular weight excluding hydrogens is 482 g/mol. The predicted octanol–water partition coefficient (Wildman–Crippen LogP) is 5.12. The lowest BCUT2D eigenvalue weighted by molar-refractivity contribution is -0.274. The summed E-state index contributed by atoms with van der Waals surface area (Å²) >= 11 is 0. The van der Waals surface area contributed by atoms with Crippen LogP contribution < -0.4 is 4.74 Å². The molecule has 36 heavy (non-hydrogen) atoms. The van der Waals surface area contributed by atoms with Crippen LogP contribution in [0.25, 0.3) is 11.0 Å². The highest BCUT2D eigenvalue weighted by Crippen LogP contribution is 2.43. The SMILES string of the molecule is O=C(O)[C@@H]1CCCc2[nH]c3ncc(F)c(C4CCN(C(=O)c5ccc(OC(F)(F)F)cc5)CC4)c3c21. The Labute approximate surface area is 203 Å². The van der Waals surface area contributed by atoms with E-state index in [1.807, 2.05) is 0 Å². The lowest BCUT2D eigenvalue weighted by Gasteiger charge is -2.33. The fourth-order valence-corrected chi connectivity index (χ4v) is 5.44. The Morgan fingerprint density at radius 3 is 2.42 bits per heavy atom. The Bertz CT molecular complexity index is 1310. The molecule has 3 heterocycles. The molecule has 2 aliphatic rings. The number of alkyl halides is 3. The summed E-state index contributed by atoms with van der Waals surface area (Å²) in [6, 6.07) is 4.73. The van der Waals surface area contributed by atoms with E-state index in [4.69, 9.17) is 0 Å². The minimum absolute atomic E-state index is 0.226. The van der Waals surface area contributed by atoms with Crippen molar-refractivity contribution < 1.29 is 37.0 Å². The number of aliphatic carboxylic acids is 1. The van der Waals surface area contributed by atoms with Crippen molar-refractivity contribution in [3.8, 4) is 5.75 Å². The molecule has 1 atom stereocenters. The van der Waals surface area contributed by atoms with Gasteiger partial charge in [-0.1, -0.05) is 0 Å². The van der Waals surface area contributed by atoms with Gasteiger partial charge in [-0.3, -0.25) is 9.59 Å². The number of carbonyl (C=O) groups is 2. The average Bonchev–Trinajstić information content (AvgIpc) is 3.22. The summed E-state index contributed by atoms with van der Waals surface area (Å²) in [6.07, 6.45) is -0.884. The zero-order valence-corrected chi connectivity index (χ0v) is 19.1. The number of nitrogens with zero attached hydrogens (tertiary/aromatic N) is 2. The normalized spacial score (nSPS) is 18.8. The zero-order valence-electron chi connectivity index (χ0n) is 19.1. The van der Waals surface area contributed by atoms with Crippen LogP contribution in [0.15, 0.2) is 30.5 Å². The second kappa shape index (κ2) is 9.11. The first kappa shape index (κ1) is 24.1. The largest absolute Gasteiger partial charge is 0.573 e.